The first-order chi connectivity index (χ1) is 8.92. The van der Waals surface area contributed by atoms with Gasteiger partial charge in [-0.15, -0.1) is 0 Å². The van der Waals surface area contributed by atoms with Gasteiger partial charge in [0.05, 0.1) is 7.11 Å². The van der Waals surface area contributed by atoms with E-state index in [1.54, 1.807) is 13.2 Å². The minimum atomic E-state index is 0.201. The second-order valence-corrected chi connectivity index (χ2v) is 5.95. The maximum Gasteiger partial charge on any atom is 0.160 e. The average Bonchev–Trinajstić information content (AvgIpc) is 2.34. The summed E-state index contributed by atoms with van der Waals surface area (Å²) in [6.07, 6.45) is 0. The van der Waals surface area contributed by atoms with E-state index in [9.17, 15) is 5.11 Å². The third kappa shape index (κ3) is 3.19. The van der Waals surface area contributed by atoms with E-state index in [0.717, 1.165) is 31.7 Å². The van der Waals surface area contributed by atoms with Crippen molar-refractivity contribution < 1.29 is 9.84 Å². The summed E-state index contributed by atoms with van der Waals surface area (Å²) in [7, 11) is 3.74. The number of hydrogen-bond donors (Lipinski definition) is 1. The highest BCUT2D eigenvalue weighted by Crippen LogP contribution is 2.27. The number of phenolic OH excluding ortho intramolecular Hbond substituents is 1. The van der Waals surface area contributed by atoms with Gasteiger partial charge < -0.3 is 9.84 Å². The summed E-state index contributed by atoms with van der Waals surface area (Å²) in [5, 5.41) is 9.81. The van der Waals surface area contributed by atoms with Crippen LogP contribution in [0.1, 0.15) is 19.4 Å². The van der Waals surface area contributed by atoms with Crippen LogP contribution in [0.5, 0.6) is 11.5 Å². The third-order valence-corrected chi connectivity index (χ3v) is 4.04. The van der Waals surface area contributed by atoms with Gasteiger partial charge in [0.2, 0.25) is 0 Å². The lowest BCUT2D eigenvalue weighted by molar-refractivity contribution is 0.0360. The Balaban J connectivity index is 2.04. The van der Waals surface area contributed by atoms with Crippen molar-refractivity contribution in [3.8, 4) is 11.5 Å². The number of aromatic hydroxyl groups is 1. The predicted molar refractivity (Wildman–Crippen MR) is 76.6 cm³/mol. The van der Waals surface area contributed by atoms with Gasteiger partial charge in [-0.05, 0) is 38.6 Å². The monoisotopic (exact) mass is 264 g/mol. The van der Waals surface area contributed by atoms with Crippen molar-refractivity contribution in [2.75, 3.05) is 33.8 Å². The van der Waals surface area contributed by atoms with E-state index in [2.05, 4.69) is 30.7 Å². The van der Waals surface area contributed by atoms with E-state index in [4.69, 9.17) is 4.74 Å². The zero-order valence-electron chi connectivity index (χ0n) is 12.3. The largest absolute Gasteiger partial charge is 0.504 e. The van der Waals surface area contributed by atoms with Gasteiger partial charge in [0.15, 0.2) is 11.5 Å². The van der Waals surface area contributed by atoms with E-state index in [0.29, 0.717) is 5.75 Å². The molecule has 1 aliphatic rings. The summed E-state index contributed by atoms with van der Waals surface area (Å²) < 4.78 is 5.07. The van der Waals surface area contributed by atoms with Crippen LogP contribution in [0.15, 0.2) is 18.2 Å². The van der Waals surface area contributed by atoms with Crippen LogP contribution in [0.25, 0.3) is 0 Å². The molecule has 4 nitrogen and oxygen atoms in total. The molecule has 1 aromatic rings. The van der Waals surface area contributed by atoms with E-state index in [1.165, 1.54) is 0 Å². The van der Waals surface area contributed by atoms with Crippen LogP contribution in [0.3, 0.4) is 0 Å². The Morgan fingerprint density at radius 1 is 1.32 bits per heavy atom. The number of hydrogen-bond acceptors (Lipinski definition) is 4. The van der Waals surface area contributed by atoms with Crippen LogP contribution in [0.2, 0.25) is 0 Å². The molecule has 0 atom stereocenters. The smallest absolute Gasteiger partial charge is 0.160 e. The molecule has 106 valence electrons. The van der Waals surface area contributed by atoms with Crippen LogP contribution in [0, 0.1) is 0 Å². The van der Waals surface area contributed by atoms with E-state index >= 15 is 0 Å². The van der Waals surface area contributed by atoms with Gasteiger partial charge in [0.25, 0.3) is 0 Å². The minimum Gasteiger partial charge on any atom is -0.504 e. The quantitative estimate of drug-likeness (QED) is 0.905. The lowest BCUT2D eigenvalue weighted by atomic mass is 9.99. The topological polar surface area (TPSA) is 35.9 Å². The summed E-state index contributed by atoms with van der Waals surface area (Å²) in [4.78, 5) is 4.83. The van der Waals surface area contributed by atoms with Crippen LogP contribution >= 0.6 is 0 Å². The van der Waals surface area contributed by atoms with Gasteiger partial charge in [-0.1, -0.05) is 6.07 Å². The molecule has 0 aliphatic carbocycles. The molecule has 1 saturated heterocycles. The number of piperazine rings is 1. The Hall–Kier alpha value is -1.26. The summed E-state index contributed by atoms with van der Waals surface area (Å²) in [6.45, 7) is 8.59. The fourth-order valence-electron chi connectivity index (χ4n) is 2.57. The molecule has 0 bridgehead atoms. The van der Waals surface area contributed by atoms with Gasteiger partial charge in [0.1, 0.15) is 0 Å². The minimum absolute atomic E-state index is 0.201. The highest BCUT2D eigenvalue weighted by molar-refractivity contribution is 5.41. The summed E-state index contributed by atoms with van der Waals surface area (Å²) in [5.74, 6) is 0.746. The molecule has 1 aliphatic heterocycles. The molecule has 1 aromatic carbocycles. The highest BCUT2D eigenvalue weighted by Gasteiger charge is 2.30. The van der Waals surface area contributed by atoms with E-state index < -0.39 is 0 Å². The average molecular weight is 264 g/mol. The number of nitrogens with zero attached hydrogens (tertiary/aromatic N) is 2. The van der Waals surface area contributed by atoms with Crippen LogP contribution in [0.4, 0.5) is 0 Å². The number of likely N-dealkylation sites (N-methyl/N-ethyl adjacent to an activating group) is 1. The van der Waals surface area contributed by atoms with Gasteiger partial charge in [-0.25, -0.2) is 0 Å². The fourth-order valence-corrected chi connectivity index (χ4v) is 2.57. The molecular formula is C15H24N2O2. The first kappa shape index (κ1) is 14.2. The Bertz CT molecular complexity index is 446. The lowest BCUT2D eigenvalue weighted by Gasteiger charge is -2.45. The van der Waals surface area contributed by atoms with Crippen molar-refractivity contribution >= 4 is 0 Å². The number of methoxy groups -OCH3 is 1. The lowest BCUT2D eigenvalue weighted by Crippen LogP contribution is -2.57. The molecule has 4 heteroatoms. The van der Waals surface area contributed by atoms with Crippen molar-refractivity contribution in [2.24, 2.45) is 0 Å². The number of phenols is 1. The number of benzene rings is 1. The van der Waals surface area contributed by atoms with Gasteiger partial charge in [0, 0.05) is 31.7 Å². The summed E-state index contributed by atoms with van der Waals surface area (Å²) in [6, 6.07) is 5.64. The Morgan fingerprint density at radius 3 is 2.63 bits per heavy atom. The number of rotatable bonds is 3. The fraction of sp³-hybridized carbons (Fsp3) is 0.600. The molecule has 0 saturated carbocycles. The van der Waals surface area contributed by atoms with Gasteiger partial charge >= 0.3 is 0 Å². The second kappa shape index (κ2) is 5.39. The van der Waals surface area contributed by atoms with Crippen molar-refractivity contribution in [3.05, 3.63) is 23.8 Å². The highest BCUT2D eigenvalue weighted by atomic mass is 16.5. The Morgan fingerprint density at radius 2 is 2.05 bits per heavy atom. The standard InChI is InChI=1S/C15H24N2O2/c1-15(2)11-17(8-7-16(15)3)10-12-5-6-14(19-4)13(18)9-12/h5-6,9,18H,7-8,10-11H2,1-4H3. The zero-order chi connectivity index (χ0) is 14.0. The van der Waals surface area contributed by atoms with Crippen LogP contribution < -0.4 is 4.74 Å². The van der Waals surface area contributed by atoms with Crippen molar-refractivity contribution in [1.29, 1.82) is 0 Å². The number of ether oxygens (including phenoxy) is 1. The van der Waals surface area contributed by atoms with Crippen LogP contribution in [-0.4, -0.2) is 54.2 Å². The molecule has 0 aromatic heterocycles. The molecular weight excluding hydrogens is 240 g/mol. The molecule has 2 rings (SSSR count). The predicted octanol–water partition coefficient (Wildman–Crippen LogP) is 1.93. The zero-order valence-corrected chi connectivity index (χ0v) is 12.3. The molecule has 0 unspecified atom stereocenters. The Kier molecular flexibility index (Phi) is 4.02. The van der Waals surface area contributed by atoms with Crippen molar-refractivity contribution in [1.82, 2.24) is 9.80 Å². The molecule has 1 N–H and O–H groups in total. The molecule has 1 heterocycles. The normalized spacial score (nSPS) is 20.4. The van der Waals surface area contributed by atoms with Crippen molar-refractivity contribution in [2.45, 2.75) is 25.9 Å². The molecule has 0 amide bonds. The summed E-state index contributed by atoms with van der Waals surface area (Å²) in [5.41, 5.74) is 1.32. The third-order valence-electron chi connectivity index (χ3n) is 4.04. The molecule has 1 fully saturated rings. The summed E-state index contributed by atoms with van der Waals surface area (Å²) >= 11 is 0. The first-order valence-electron chi connectivity index (χ1n) is 6.72. The Labute approximate surface area is 115 Å². The maximum atomic E-state index is 9.81. The van der Waals surface area contributed by atoms with E-state index in [1.807, 2.05) is 12.1 Å². The van der Waals surface area contributed by atoms with Gasteiger partial charge in [-0.2, -0.15) is 0 Å². The molecule has 0 radical (unpaired) electrons. The SMILES string of the molecule is COc1ccc(CN2CCN(C)C(C)(C)C2)cc1O. The molecule has 0 spiro atoms. The van der Waals surface area contributed by atoms with E-state index in [-0.39, 0.29) is 11.3 Å². The first-order valence-corrected chi connectivity index (χ1v) is 6.72. The van der Waals surface area contributed by atoms with Crippen molar-refractivity contribution in [3.63, 3.8) is 0 Å². The van der Waals surface area contributed by atoms with Gasteiger partial charge in [-0.3, -0.25) is 9.80 Å². The molecule has 19 heavy (non-hydrogen) atoms. The second-order valence-electron chi connectivity index (χ2n) is 5.95. The van der Waals surface area contributed by atoms with Crippen LogP contribution in [-0.2, 0) is 6.54 Å². The maximum absolute atomic E-state index is 9.81.